The lowest BCUT2D eigenvalue weighted by atomic mass is 9.93. The highest BCUT2D eigenvalue weighted by atomic mass is 15.0. The summed E-state index contributed by atoms with van der Waals surface area (Å²) in [5.41, 5.74) is 11.0. The van der Waals surface area contributed by atoms with E-state index in [0.29, 0.717) is 6.54 Å². The van der Waals surface area contributed by atoms with Crippen molar-refractivity contribution >= 4 is 0 Å². The van der Waals surface area contributed by atoms with E-state index in [1.807, 2.05) is 6.92 Å². The van der Waals surface area contributed by atoms with Gasteiger partial charge in [-0.05, 0) is 44.4 Å². The summed E-state index contributed by atoms with van der Waals surface area (Å²) in [5, 5.41) is 3.37. The molecular formula is C15H22N2. The lowest BCUT2D eigenvalue weighted by Gasteiger charge is -2.23. The molecule has 1 aromatic rings. The number of rotatable bonds is 4. The quantitative estimate of drug-likeness (QED) is 0.778. The Morgan fingerprint density at radius 2 is 1.82 bits per heavy atom. The van der Waals surface area contributed by atoms with Crippen LogP contribution in [0.4, 0.5) is 0 Å². The zero-order valence-electron chi connectivity index (χ0n) is 11.2. The predicted molar refractivity (Wildman–Crippen MR) is 73.9 cm³/mol. The Labute approximate surface area is 105 Å². The van der Waals surface area contributed by atoms with Gasteiger partial charge in [0.2, 0.25) is 0 Å². The topological polar surface area (TPSA) is 38.0 Å². The maximum Gasteiger partial charge on any atom is 0.0663 e. The van der Waals surface area contributed by atoms with Gasteiger partial charge >= 0.3 is 0 Å². The lowest BCUT2D eigenvalue weighted by Crippen LogP contribution is -2.35. The number of hydrogen-bond acceptors (Lipinski definition) is 2. The Morgan fingerprint density at radius 3 is 2.24 bits per heavy atom. The molecule has 17 heavy (non-hydrogen) atoms. The summed E-state index contributed by atoms with van der Waals surface area (Å²) in [6.45, 7) is 8.89. The molecule has 0 bridgehead atoms. The number of nitrogens with two attached hydrogens (primary N) is 1. The fourth-order valence-corrected chi connectivity index (χ4v) is 2.36. The molecule has 2 nitrogen and oxygen atoms in total. The van der Waals surface area contributed by atoms with Gasteiger partial charge in [0.25, 0.3) is 0 Å². The van der Waals surface area contributed by atoms with E-state index < -0.39 is 0 Å². The van der Waals surface area contributed by atoms with Crippen molar-refractivity contribution in [2.45, 2.75) is 39.8 Å². The van der Waals surface area contributed by atoms with Crippen LogP contribution in [0.1, 0.15) is 35.2 Å². The van der Waals surface area contributed by atoms with E-state index in [9.17, 15) is 0 Å². The van der Waals surface area contributed by atoms with Crippen molar-refractivity contribution in [1.29, 1.82) is 0 Å². The number of nitrogens with one attached hydrogen (secondary N) is 1. The Hall–Kier alpha value is -1.30. The third-order valence-corrected chi connectivity index (χ3v) is 3.02. The van der Waals surface area contributed by atoms with Gasteiger partial charge in [-0.25, -0.2) is 0 Å². The Balaban J connectivity index is 3.08. The zero-order valence-corrected chi connectivity index (χ0v) is 11.2. The molecule has 0 spiro atoms. The first-order valence-corrected chi connectivity index (χ1v) is 5.99. The predicted octanol–water partition coefficient (Wildman–Crippen LogP) is 2.22. The highest BCUT2D eigenvalue weighted by Crippen LogP contribution is 2.23. The molecule has 1 rings (SSSR count). The summed E-state index contributed by atoms with van der Waals surface area (Å²) < 4.78 is 0. The summed E-state index contributed by atoms with van der Waals surface area (Å²) in [6.07, 6.45) is 5.40. The number of terminal acetylenes is 1. The summed E-state index contributed by atoms with van der Waals surface area (Å²) in [5.74, 6) is 2.68. The van der Waals surface area contributed by atoms with Crippen molar-refractivity contribution in [3.63, 3.8) is 0 Å². The summed E-state index contributed by atoms with van der Waals surface area (Å²) in [7, 11) is 0. The van der Waals surface area contributed by atoms with Gasteiger partial charge < -0.3 is 5.73 Å². The average Bonchev–Trinajstić information content (AvgIpc) is 2.25. The minimum atomic E-state index is 0.0312. The molecule has 0 saturated heterocycles. The van der Waals surface area contributed by atoms with Crippen molar-refractivity contribution in [2.75, 3.05) is 6.54 Å². The van der Waals surface area contributed by atoms with Crippen molar-refractivity contribution < 1.29 is 0 Å². The van der Waals surface area contributed by atoms with Gasteiger partial charge in [0.05, 0.1) is 6.04 Å². The van der Waals surface area contributed by atoms with Crippen LogP contribution in [0.5, 0.6) is 0 Å². The summed E-state index contributed by atoms with van der Waals surface area (Å²) in [6, 6.07) is 4.53. The first kappa shape index (κ1) is 13.8. The van der Waals surface area contributed by atoms with E-state index in [1.165, 1.54) is 22.3 Å². The normalized spacial score (nSPS) is 14.1. The molecule has 0 aliphatic heterocycles. The summed E-state index contributed by atoms with van der Waals surface area (Å²) >= 11 is 0. The maximum absolute atomic E-state index is 5.85. The van der Waals surface area contributed by atoms with Crippen LogP contribution in [0, 0.1) is 33.1 Å². The molecule has 0 aliphatic carbocycles. The van der Waals surface area contributed by atoms with Gasteiger partial charge in [-0.3, -0.25) is 5.32 Å². The Morgan fingerprint density at radius 1 is 1.29 bits per heavy atom. The van der Waals surface area contributed by atoms with Crippen LogP contribution in [0.2, 0.25) is 0 Å². The van der Waals surface area contributed by atoms with E-state index in [1.54, 1.807) is 0 Å². The van der Waals surface area contributed by atoms with E-state index in [4.69, 9.17) is 12.2 Å². The van der Waals surface area contributed by atoms with Gasteiger partial charge in [-0.15, -0.1) is 6.42 Å². The highest BCUT2D eigenvalue weighted by Gasteiger charge is 2.16. The van der Waals surface area contributed by atoms with Gasteiger partial charge in [-0.2, -0.15) is 0 Å². The van der Waals surface area contributed by atoms with E-state index in [2.05, 4.69) is 44.1 Å². The molecule has 0 amide bonds. The second kappa shape index (κ2) is 5.86. The van der Waals surface area contributed by atoms with Crippen molar-refractivity contribution in [2.24, 2.45) is 5.73 Å². The first-order chi connectivity index (χ1) is 7.99. The van der Waals surface area contributed by atoms with Gasteiger partial charge in [0.15, 0.2) is 0 Å². The van der Waals surface area contributed by atoms with Crippen LogP contribution >= 0.6 is 0 Å². The molecule has 92 valence electrons. The van der Waals surface area contributed by atoms with Crippen LogP contribution in [0.15, 0.2) is 12.1 Å². The van der Waals surface area contributed by atoms with Crippen LogP contribution in [-0.2, 0) is 0 Å². The SMILES string of the molecule is C#CC(C)NC(CN)c1c(C)cc(C)cc1C. The lowest BCUT2D eigenvalue weighted by molar-refractivity contribution is 0.514. The molecule has 2 heteroatoms. The minimum Gasteiger partial charge on any atom is -0.329 e. The second-order valence-electron chi connectivity index (χ2n) is 4.66. The van der Waals surface area contributed by atoms with Crippen LogP contribution in [-0.4, -0.2) is 12.6 Å². The van der Waals surface area contributed by atoms with Gasteiger partial charge in [0.1, 0.15) is 0 Å². The van der Waals surface area contributed by atoms with Crippen molar-refractivity contribution in [1.82, 2.24) is 5.32 Å². The van der Waals surface area contributed by atoms with E-state index in [-0.39, 0.29) is 12.1 Å². The fourth-order valence-electron chi connectivity index (χ4n) is 2.36. The molecule has 0 aliphatic rings. The minimum absolute atomic E-state index is 0.0312. The molecule has 0 aromatic heterocycles. The number of aryl methyl sites for hydroxylation is 3. The molecular weight excluding hydrogens is 208 g/mol. The Bertz CT molecular complexity index is 406. The average molecular weight is 230 g/mol. The number of benzene rings is 1. The molecule has 0 radical (unpaired) electrons. The first-order valence-electron chi connectivity index (χ1n) is 5.99. The molecule has 0 fully saturated rings. The third-order valence-electron chi connectivity index (χ3n) is 3.02. The van der Waals surface area contributed by atoms with Crippen LogP contribution in [0.3, 0.4) is 0 Å². The third kappa shape index (κ3) is 3.33. The monoisotopic (exact) mass is 230 g/mol. The summed E-state index contributed by atoms with van der Waals surface area (Å²) in [4.78, 5) is 0. The van der Waals surface area contributed by atoms with Crippen molar-refractivity contribution in [3.8, 4) is 12.3 Å². The zero-order chi connectivity index (χ0) is 13.0. The number of hydrogen-bond donors (Lipinski definition) is 2. The maximum atomic E-state index is 5.85. The van der Waals surface area contributed by atoms with Crippen molar-refractivity contribution in [3.05, 3.63) is 34.4 Å². The smallest absolute Gasteiger partial charge is 0.0663 e. The standard InChI is InChI=1S/C15H22N2/c1-6-13(5)17-14(9-16)15-11(3)7-10(2)8-12(15)4/h1,7-8,13-14,17H,9,16H2,2-5H3. The molecule has 0 heterocycles. The van der Waals surface area contributed by atoms with Crippen LogP contribution < -0.4 is 11.1 Å². The molecule has 2 unspecified atom stereocenters. The molecule has 2 atom stereocenters. The van der Waals surface area contributed by atoms with E-state index >= 15 is 0 Å². The van der Waals surface area contributed by atoms with E-state index in [0.717, 1.165) is 0 Å². The molecule has 1 aromatic carbocycles. The van der Waals surface area contributed by atoms with Gasteiger partial charge in [-0.1, -0.05) is 23.6 Å². The Kier molecular flexibility index (Phi) is 4.74. The highest BCUT2D eigenvalue weighted by molar-refractivity contribution is 5.40. The van der Waals surface area contributed by atoms with Gasteiger partial charge in [0, 0.05) is 12.6 Å². The molecule has 0 saturated carbocycles. The fraction of sp³-hybridized carbons (Fsp3) is 0.467. The second-order valence-corrected chi connectivity index (χ2v) is 4.66. The largest absolute Gasteiger partial charge is 0.329 e. The molecule has 3 N–H and O–H groups in total. The van der Waals surface area contributed by atoms with Crippen LogP contribution in [0.25, 0.3) is 0 Å².